The normalized spacial score (nSPS) is 15.0. The molecule has 0 aromatic heterocycles. The van der Waals surface area contributed by atoms with Crippen molar-refractivity contribution in [3.05, 3.63) is 75.2 Å². The Balaban J connectivity index is 2.01. The van der Waals surface area contributed by atoms with E-state index in [1.54, 1.807) is 0 Å². The standard InChI is InChI=1S/C17H11FN2O5/c1-24-15-7-6-12(20(22)23)9-13(15)16-19-14(17(21)25-16)8-10-2-4-11(18)5-3-10/h2-9H,1H3/b14-8+. The highest BCUT2D eigenvalue weighted by Gasteiger charge is 2.27. The largest absolute Gasteiger partial charge is 0.496 e. The fourth-order valence-electron chi connectivity index (χ4n) is 2.22. The molecular weight excluding hydrogens is 331 g/mol. The monoisotopic (exact) mass is 342 g/mol. The summed E-state index contributed by atoms with van der Waals surface area (Å²) in [4.78, 5) is 26.4. The average Bonchev–Trinajstić information content (AvgIpc) is 2.96. The molecule has 2 aromatic carbocycles. The van der Waals surface area contributed by atoms with Crippen molar-refractivity contribution in [2.24, 2.45) is 4.99 Å². The fourth-order valence-corrected chi connectivity index (χ4v) is 2.22. The molecule has 0 unspecified atom stereocenters. The molecule has 0 saturated heterocycles. The molecule has 1 aliphatic heterocycles. The lowest BCUT2D eigenvalue weighted by Gasteiger charge is -2.06. The van der Waals surface area contributed by atoms with E-state index in [0.29, 0.717) is 5.56 Å². The lowest BCUT2D eigenvalue weighted by atomic mass is 10.1. The molecule has 0 saturated carbocycles. The first-order valence-electron chi connectivity index (χ1n) is 7.09. The summed E-state index contributed by atoms with van der Waals surface area (Å²) < 4.78 is 23.2. The fraction of sp³-hybridized carbons (Fsp3) is 0.0588. The molecular formula is C17H11FN2O5. The molecule has 3 rings (SSSR count). The number of rotatable bonds is 4. The minimum Gasteiger partial charge on any atom is -0.496 e. The zero-order valence-electron chi connectivity index (χ0n) is 12.9. The first-order valence-corrected chi connectivity index (χ1v) is 7.09. The van der Waals surface area contributed by atoms with Crippen molar-refractivity contribution >= 4 is 23.6 Å². The van der Waals surface area contributed by atoms with Crippen LogP contribution in [0.1, 0.15) is 11.1 Å². The Bertz CT molecular complexity index is 919. The highest BCUT2D eigenvalue weighted by Crippen LogP contribution is 2.28. The second kappa shape index (κ2) is 6.52. The Morgan fingerprint density at radius 3 is 2.60 bits per heavy atom. The van der Waals surface area contributed by atoms with Crippen LogP contribution in [0.2, 0.25) is 0 Å². The molecule has 1 aliphatic rings. The lowest BCUT2D eigenvalue weighted by molar-refractivity contribution is -0.384. The molecule has 0 aliphatic carbocycles. The van der Waals surface area contributed by atoms with Gasteiger partial charge in [0.1, 0.15) is 11.6 Å². The van der Waals surface area contributed by atoms with Gasteiger partial charge in [-0.25, -0.2) is 14.2 Å². The van der Waals surface area contributed by atoms with Crippen molar-refractivity contribution in [3.63, 3.8) is 0 Å². The van der Waals surface area contributed by atoms with Crippen molar-refractivity contribution in [1.29, 1.82) is 0 Å². The van der Waals surface area contributed by atoms with E-state index in [9.17, 15) is 19.3 Å². The summed E-state index contributed by atoms with van der Waals surface area (Å²) in [6.07, 6.45) is 1.43. The third-order valence-corrected chi connectivity index (χ3v) is 3.42. The van der Waals surface area contributed by atoms with Crippen molar-refractivity contribution in [2.75, 3.05) is 7.11 Å². The zero-order valence-corrected chi connectivity index (χ0v) is 12.9. The maximum Gasteiger partial charge on any atom is 0.363 e. The van der Waals surface area contributed by atoms with Crippen LogP contribution in [0.4, 0.5) is 10.1 Å². The second-order valence-electron chi connectivity index (χ2n) is 5.03. The van der Waals surface area contributed by atoms with Gasteiger partial charge in [-0.3, -0.25) is 10.1 Å². The Morgan fingerprint density at radius 1 is 1.24 bits per heavy atom. The first kappa shape index (κ1) is 16.3. The van der Waals surface area contributed by atoms with Gasteiger partial charge in [0.05, 0.1) is 17.6 Å². The Kier molecular flexibility index (Phi) is 4.25. The van der Waals surface area contributed by atoms with Crippen LogP contribution in [0, 0.1) is 15.9 Å². The number of non-ortho nitro benzene ring substituents is 1. The summed E-state index contributed by atoms with van der Waals surface area (Å²) in [6, 6.07) is 9.35. The highest BCUT2D eigenvalue weighted by molar-refractivity contribution is 6.14. The van der Waals surface area contributed by atoms with E-state index in [4.69, 9.17) is 9.47 Å². The third kappa shape index (κ3) is 3.37. The number of nitro groups is 1. The number of aliphatic imine (C=N–C) groups is 1. The first-order chi connectivity index (χ1) is 12.0. The molecule has 0 fully saturated rings. The van der Waals surface area contributed by atoms with Gasteiger partial charge in [-0.05, 0) is 29.8 Å². The van der Waals surface area contributed by atoms with Gasteiger partial charge in [-0.2, -0.15) is 0 Å². The zero-order chi connectivity index (χ0) is 18.0. The van der Waals surface area contributed by atoms with E-state index >= 15 is 0 Å². The summed E-state index contributed by atoms with van der Waals surface area (Å²) in [6.45, 7) is 0. The van der Waals surface area contributed by atoms with Gasteiger partial charge in [0.2, 0.25) is 5.90 Å². The van der Waals surface area contributed by atoms with Crippen LogP contribution >= 0.6 is 0 Å². The molecule has 2 aromatic rings. The van der Waals surface area contributed by atoms with Gasteiger partial charge in [0.25, 0.3) is 5.69 Å². The molecule has 126 valence electrons. The molecule has 0 bridgehead atoms. The molecule has 7 nitrogen and oxygen atoms in total. The van der Waals surface area contributed by atoms with Gasteiger partial charge in [0.15, 0.2) is 5.70 Å². The summed E-state index contributed by atoms with van der Waals surface area (Å²) in [5.41, 5.74) is 0.553. The molecule has 0 atom stereocenters. The van der Waals surface area contributed by atoms with E-state index < -0.39 is 16.7 Å². The maximum atomic E-state index is 12.9. The van der Waals surface area contributed by atoms with Gasteiger partial charge in [0, 0.05) is 12.1 Å². The van der Waals surface area contributed by atoms with Crippen molar-refractivity contribution < 1.29 is 23.6 Å². The molecule has 0 radical (unpaired) electrons. The molecule has 0 N–H and O–H groups in total. The Labute approximate surface area is 141 Å². The van der Waals surface area contributed by atoms with Crippen LogP contribution in [0.5, 0.6) is 5.75 Å². The second-order valence-corrected chi connectivity index (χ2v) is 5.03. The molecule has 0 spiro atoms. The van der Waals surface area contributed by atoms with Crippen LogP contribution in [0.25, 0.3) is 6.08 Å². The van der Waals surface area contributed by atoms with Crippen LogP contribution in [0.15, 0.2) is 53.2 Å². The SMILES string of the molecule is COc1ccc([N+](=O)[O-])cc1C1=N/C(=C/c2ccc(F)cc2)C(=O)O1. The number of nitrogens with zero attached hydrogens (tertiary/aromatic N) is 2. The van der Waals surface area contributed by atoms with Gasteiger partial charge in [-0.15, -0.1) is 0 Å². The van der Waals surface area contributed by atoms with E-state index in [0.717, 1.165) is 0 Å². The minimum atomic E-state index is -0.715. The molecule has 1 heterocycles. The number of cyclic esters (lactones) is 1. The predicted molar refractivity (Wildman–Crippen MR) is 86.7 cm³/mol. The van der Waals surface area contributed by atoms with Crippen LogP contribution in [0.3, 0.4) is 0 Å². The average molecular weight is 342 g/mol. The number of ether oxygens (including phenoxy) is 2. The smallest absolute Gasteiger partial charge is 0.363 e. The van der Waals surface area contributed by atoms with Crippen molar-refractivity contribution in [3.8, 4) is 5.75 Å². The summed E-state index contributed by atoms with van der Waals surface area (Å²) in [5, 5.41) is 10.9. The number of halogens is 1. The number of nitro benzene ring substituents is 1. The number of carbonyl (C=O) groups excluding carboxylic acids is 1. The van der Waals surface area contributed by atoms with Gasteiger partial charge in [-0.1, -0.05) is 12.1 Å². The number of methoxy groups -OCH3 is 1. The number of esters is 1. The van der Waals surface area contributed by atoms with Gasteiger partial charge < -0.3 is 9.47 Å². The number of benzene rings is 2. The Hall–Kier alpha value is -3.55. The van der Waals surface area contributed by atoms with Gasteiger partial charge >= 0.3 is 5.97 Å². The number of hydrogen-bond acceptors (Lipinski definition) is 6. The topological polar surface area (TPSA) is 91.0 Å². The summed E-state index contributed by atoms with van der Waals surface area (Å²) in [7, 11) is 1.39. The molecule has 0 amide bonds. The third-order valence-electron chi connectivity index (χ3n) is 3.42. The highest BCUT2D eigenvalue weighted by atomic mass is 19.1. The van der Waals surface area contributed by atoms with Crippen LogP contribution in [-0.4, -0.2) is 23.9 Å². The van der Waals surface area contributed by atoms with Crippen molar-refractivity contribution in [1.82, 2.24) is 0 Å². The van der Waals surface area contributed by atoms with Crippen LogP contribution in [-0.2, 0) is 9.53 Å². The minimum absolute atomic E-state index is 0.00447. The van der Waals surface area contributed by atoms with E-state index in [2.05, 4.69) is 4.99 Å². The van der Waals surface area contributed by atoms with E-state index in [-0.39, 0.29) is 28.6 Å². The van der Waals surface area contributed by atoms with E-state index in [1.807, 2.05) is 0 Å². The quantitative estimate of drug-likeness (QED) is 0.368. The van der Waals surface area contributed by atoms with Crippen molar-refractivity contribution in [2.45, 2.75) is 0 Å². The number of carbonyl (C=O) groups is 1. The molecule has 25 heavy (non-hydrogen) atoms. The number of hydrogen-bond donors (Lipinski definition) is 0. The maximum absolute atomic E-state index is 12.9. The molecule has 8 heteroatoms. The lowest BCUT2D eigenvalue weighted by Crippen LogP contribution is -2.07. The van der Waals surface area contributed by atoms with Crippen LogP contribution < -0.4 is 4.74 Å². The summed E-state index contributed by atoms with van der Waals surface area (Å²) in [5.74, 6) is -0.936. The summed E-state index contributed by atoms with van der Waals surface area (Å²) >= 11 is 0. The Morgan fingerprint density at radius 2 is 1.96 bits per heavy atom. The predicted octanol–water partition coefficient (Wildman–Crippen LogP) is 3.09. The van der Waals surface area contributed by atoms with E-state index in [1.165, 1.54) is 55.7 Å².